The third-order valence-electron chi connectivity index (χ3n) is 17.8. The number of esters is 4. The molecule has 6 atom stereocenters. The van der Waals surface area contributed by atoms with Crippen LogP contribution in [0.2, 0.25) is 0 Å². The van der Waals surface area contributed by atoms with Crippen LogP contribution in [-0.2, 0) is 65.4 Å². The van der Waals surface area contributed by atoms with Gasteiger partial charge < -0.3 is 33.8 Å². The van der Waals surface area contributed by atoms with E-state index in [1.54, 1.807) is 0 Å². The van der Waals surface area contributed by atoms with Crippen LogP contribution in [0.25, 0.3) is 0 Å². The Morgan fingerprint density at radius 1 is 0.309 bits per heavy atom. The van der Waals surface area contributed by atoms with Gasteiger partial charge in [0, 0.05) is 25.7 Å². The number of phosphoric acid groups is 2. The molecule has 19 heteroatoms. The minimum Gasteiger partial charge on any atom is -0.462 e. The lowest BCUT2D eigenvalue weighted by atomic mass is 10.00. The van der Waals surface area contributed by atoms with E-state index in [4.69, 9.17) is 37.0 Å². The number of hydrogen-bond acceptors (Lipinski definition) is 15. The molecular weight excluding hydrogens is 1230 g/mol. The van der Waals surface area contributed by atoms with Crippen molar-refractivity contribution < 1.29 is 80.2 Å². The predicted octanol–water partition coefficient (Wildman–Crippen LogP) is 21.9. The third kappa shape index (κ3) is 67.3. The first-order valence-electron chi connectivity index (χ1n) is 39.0. The van der Waals surface area contributed by atoms with E-state index in [1.807, 2.05) is 0 Å². The number of hydrogen-bond donors (Lipinski definition) is 3. The Morgan fingerprint density at radius 3 is 0.809 bits per heavy atom. The molecule has 0 aliphatic heterocycles. The van der Waals surface area contributed by atoms with Crippen LogP contribution in [-0.4, -0.2) is 96.7 Å². The number of unbranched alkanes of at least 4 members (excludes halogenated alkanes) is 43. The van der Waals surface area contributed by atoms with Crippen molar-refractivity contribution in [1.29, 1.82) is 0 Å². The van der Waals surface area contributed by atoms with Crippen LogP contribution >= 0.6 is 15.6 Å². The van der Waals surface area contributed by atoms with Gasteiger partial charge in [-0.3, -0.25) is 37.3 Å². The van der Waals surface area contributed by atoms with Crippen molar-refractivity contribution in [3.63, 3.8) is 0 Å². The van der Waals surface area contributed by atoms with Crippen LogP contribution in [0.5, 0.6) is 0 Å². The SMILES string of the molecule is CCCCCCCCCCCCCCCCC(=O)OC[C@H](COP(=O)(O)OC[C@@H](O)COP(=O)(O)OC[C@@H](COC(=O)CCCCCCCCCCC)OC(=O)CCCCCCCCC(C)CC)OC(=O)CCCCCCCCCCCCCCCCCCCCC(C)C. The number of aliphatic hydroxyl groups excluding tert-OH is 1. The molecule has 3 unspecified atom stereocenters. The second kappa shape index (κ2) is 66.9. The molecule has 0 bridgehead atoms. The van der Waals surface area contributed by atoms with E-state index >= 15 is 0 Å². The zero-order valence-corrected chi connectivity index (χ0v) is 63.1. The normalized spacial score (nSPS) is 14.3. The summed E-state index contributed by atoms with van der Waals surface area (Å²) in [5, 5.41) is 10.6. The maximum absolute atomic E-state index is 13.1. The fourth-order valence-electron chi connectivity index (χ4n) is 11.4. The molecule has 0 saturated carbocycles. The minimum absolute atomic E-state index is 0.103. The summed E-state index contributed by atoms with van der Waals surface area (Å²) in [6.45, 7) is 9.56. The molecule has 558 valence electrons. The first kappa shape index (κ1) is 92.1. The van der Waals surface area contributed by atoms with E-state index in [0.29, 0.717) is 25.7 Å². The summed E-state index contributed by atoms with van der Waals surface area (Å²) in [6, 6.07) is 0. The van der Waals surface area contributed by atoms with E-state index in [-0.39, 0.29) is 25.7 Å². The number of phosphoric ester groups is 2. The first-order chi connectivity index (χ1) is 45.4. The van der Waals surface area contributed by atoms with Gasteiger partial charge in [0.25, 0.3) is 0 Å². The lowest BCUT2D eigenvalue weighted by Crippen LogP contribution is -2.30. The van der Waals surface area contributed by atoms with Gasteiger partial charge in [-0.1, -0.05) is 337 Å². The Bertz CT molecular complexity index is 1820. The minimum atomic E-state index is -4.96. The zero-order valence-electron chi connectivity index (χ0n) is 61.3. The summed E-state index contributed by atoms with van der Waals surface area (Å²) < 4.78 is 68.4. The molecule has 0 rings (SSSR count). The van der Waals surface area contributed by atoms with Crippen molar-refractivity contribution in [3.05, 3.63) is 0 Å². The highest BCUT2D eigenvalue weighted by atomic mass is 31.2. The van der Waals surface area contributed by atoms with Crippen molar-refractivity contribution in [1.82, 2.24) is 0 Å². The van der Waals surface area contributed by atoms with Gasteiger partial charge in [-0.15, -0.1) is 0 Å². The van der Waals surface area contributed by atoms with Crippen molar-refractivity contribution in [2.45, 2.75) is 407 Å². The van der Waals surface area contributed by atoms with Gasteiger partial charge in [-0.05, 0) is 37.5 Å². The lowest BCUT2D eigenvalue weighted by Gasteiger charge is -2.21. The van der Waals surface area contributed by atoms with Crippen LogP contribution in [0.1, 0.15) is 388 Å². The number of ether oxygens (including phenoxy) is 4. The van der Waals surface area contributed by atoms with E-state index < -0.39 is 97.5 Å². The quantitative estimate of drug-likeness (QED) is 0.0222. The number of carbonyl (C=O) groups excluding carboxylic acids is 4. The maximum Gasteiger partial charge on any atom is 0.472 e. The first-order valence-corrected chi connectivity index (χ1v) is 42.0. The molecule has 17 nitrogen and oxygen atoms in total. The van der Waals surface area contributed by atoms with Crippen molar-refractivity contribution >= 4 is 39.5 Å². The maximum atomic E-state index is 13.1. The summed E-state index contributed by atoms with van der Waals surface area (Å²) in [4.78, 5) is 72.6. The van der Waals surface area contributed by atoms with Gasteiger partial charge in [0.1, 0.15) is 19.3 Å². The largest absolute Gasteiger partial charge is 0.472 e. The number of aliphatic hydroxyl groups is 1. The van der Waals surface area contributed by atoms with Gasteiger partial charge in [-0.2, -0.15) is 0 Å². The number of carbonyl (C=O) groups is 4. The van der Waals surface area contributed by atoms with Crippen molar-refractivity contribution in [2.24, 2.45) is 11.8 Å². The van der Waals surface area contributed by atoms with Crippen LogP contribution in [0.3, 0.4) is 0 Å². The molecule has 0 heterocycles. The molecule has 0 fully saturated rings. The third-order valence-corrected chi connectivity index (χ3v) is 19.7. The summed E-state index contributed by atoms with van der Waals surface area (Å²) in [5.74, 6) is -0.580. The molecule has 0 aliphatic rings. The standard InChI is InChI=1S/C75H146O17P2/c1-7-10-12-14-16-18-19-20-28-31-35-39-46-52-58-73(78)86-63-70(91-74(79)59-53-47-40-36-32-29-26-24-22-21-23-25-27-30-34-37-43-49-55-67(4)5)65-89-93(81,82)87-61-69(76)62-88-94(83,84)90-66-71(64-85-72(77)57-51-45-38-33-17-15-13-11-8-2)92-75(80)60-54-48-42-41-44-50-56-68(6)9-3/h67-71,76H,7-66H2,1-6H3,(H,81,82)(H,83,84)/t68?,69-,70-,71-/m1/s1. The topological polar surface area (TPSA) is 237 Å². The average molecular weight is 1380 g/mol. The fraction of sp³-hybridized carbons (Fsp3) is 0.947. The van der Waals surface area contributed by atoms with Crippen LogP contribution < -0.4 is 0 Å². The van der Waals surface area contributed by atoms with Crippen molar-refractivity contribution in [3.8, 4) is 0 Å². The van der Waals surface area contributed by atoms with Gasteiger partial charge in [0.15, 0.2) is 12.2 Å². The molecule has 0 aromatic carbocycles. The molecule has 0 aromatic rings. The van der Waals surface area contributed by atoms with Crippen LogP contribution in [0.15, 0.2) is 0 Å². The Kier molecular flexibility index (Phi) is 65.5. The van der Waals surface area contributed by atoms with E-state index in [9.17, 15) is 43.2 Å². The smallest absolute Gasteiger partial charge is 0.462 e. The molecule has 94 heavy (non-hydrogen) atoms. The molecule has 0 aromatic heterocycles. The van der Waals surface area contributed by atoms with Gasteiger partial charge >= 0.3 is 39.5 Å². The van der Waals surface area contributed by atoms with E-state index in [0.717, 1.165) is 102 Å². The second-order valence-electron chi connectivity index (χ2n) is 27.8. The molecule has 0 saturated heterocycles. The summed E-state index contributed by atoms with van der Waals surface area (Å²) in [7, 11) is -9.90. The fourth-order valence-corrected chi connectivity index (χ4v) is 13.0. The second-order valence-corrected chi connectivity index (χ2v) is 30.7. The van der Waals surface area contributed by atoms with E-state index in [1.165, 1.54) is 205 Å². The Balaban J connectivity index is 5.18. The van der Waals surface area contributed by atoms with Gasteiger partial charge in [0.05, 0.1) is 26.4 Å². The summed E-state index contributed by atoms with van der Waals surface area (Å²) in [5.41, 5.74) is 0. The highest BCUT2D eigenvalue weighted by Gasteiger charge is 2.30. The Hall–Kier alpha value is -1.94. The number of rotatable bonds is 74. The highest BCUT2D eigenvalue weighted by Crippen LogP contribution is 2.45. The summed E-state index contributed by atoms with van der Waals surface area (Å²) in [6.07, 6.45) is 54.2. The summed E-state index contributed by atoms with van der Waals surface area (Å²) >= 11 is 0. The molecule has 0 spiro atoms. The molecule has 3 N–H and O–H groups in total. The predicted molar refractivity (Wildman–Crippen MR) is 381 cm³/mol. The Labute approximate surface area is 575 Å². The Morgan fingerprint density at radius 2 is 0.543 bits per heavy atom. The average Bonchev–Trinajstić information content (AvgIpc) is 1.66. The lowest BCUT2D eigenvalue weighted by molar-refractivity contribution is -0.161. The highest BCUT2D eigenvalue weighted by molar-refractivity contribution is 7.47. The van der Waals surface area contributed by atoms with Crippen LogP contribution in [0.4, 0.5) is 0 Å². The molecular formula is C75H146O17P2. The van der Waals surface area contributed by atoms with Gasteiger partial charge in [-0.25, -0.2) is 9.13 Å². The molecule has 0 amide bonds. The molecule has 0 aliphatic carbocycles. The van der Waals surface area contributed by atoms with Gasteiger partial charge in [0.2, 0.25) is 0 Å². The zero-order chi connectivity index (χ0) is 69.3. The molecule has 0 radical (unpaired) electrons. The monoisotopic (exact) mass is 1380 g/mol. The van der Waals surface area contributed by atoms with Crippen molar-refractivity contribution in [2.75, 3.05) is 39.6 Å². The van der Waals surface area contributed by atoms with Crippen LogP contribution in [0, 0.1) is 11.8 Å². The van der Waals surface area contributed by atoms with E-state index in [2.05, 4.69) is 41.5 Å².